The number of nitrogens with zero attached hydrogens (tertiary/aromatic N) is 8. The quantitative estimate of drug-likeness (QED) is 0.0889. The number of amides is 5. The number of alkyl halides is 3. The number of imide groups is 1. The number of aliphatic carboxylic acids is 1. The van der Waals surface area contributed by atoms with Gasteiger partial charge in [-0.25, -0.2) is 23.4 Å². The molecule has 5 amide bonds. The van der Waals surface area contributed by atoms with Crippen molar-refractivity contribution in [3.05, 3.63) is 95.2 Å². The van der Waals surface area contributed by atoms with Crippen LogP contribution in [-0.4, -0.2) is 146 Å². The molecule has 398 valence electrons. The molecule has 0 bridgehead atoms. The topological polar surface area (TPSA) is 216 Å². The molecule has 18 nitrogen and oxygen atoms in total. The Labute approximate surface area is 425 Å². The van der Waals surface area contributed by atoms with Crippen molar-refractivity contribution in [2.75, 3.05) is 68.8 Å². The molecule has 5 fully saturated rings. The van der Waals surface area contributed by atoms with Gasteiger partial charge in [-0.15, -0.1) is 0 Å². The summed E-state index contributed by atoms with van der Waals surface area (Å²) in [4.78, 5) is 77.1. The number of halogens is 6. The highest BCUT2D eigenvalue weighted by atomic mass is 19.4. The first-order chi connectivity index (χ1) is 35.8. The van der Waals surface area contributed by atoms with Crippen LogP contribution in [0.3, 0.4) is 0 Å². The van der Waals surface area contributed by atoms with E-state index in [1.165, 1.54) is 4.90 Å². The molecule has 1 atom stereocenters. The van der Waals surface area contributed by atoms with Crippen LogP contribution in [0.25, 0.3) is 22.2 Å². The maximum Gasteiger partial charge on any atom is 0.490 e. The van der Waals surface area contributed by atoms with Gasteiger partial charge in [-0.1, -0.05) is 18.2 Å². The Kier molecular flexibility index (Phi) is 15.0. The molecule has 1 unspecified atom stereocenters. The lowest BCUT2D eigenvalue weighted by Crippen LogP contribution is -2.51. The molecule has 0 radical (unpaired) electrons. The monoisotopic (exact) mass is 1050 g/mol. The van der Waals surface area contributed by atoms with Crippen molar-refractivity contribution in [3.8, 4) is 17.0 Å². The van der Waals surface area contributed by atoms with Gasteiger partial charge in [-0.3, -0.25) is 39.2 Å². The molecule has 75 heavy (non-hydrogen) atoms. The van der Waals surface area contributed by atoms with E-state index in [4.69, 9.17) is 29.7 Å². The fourth-order valence-electron chi connectivity index (χ4n) is 10.6. The number of anilines is 2. The number of phenolic OH excluding ortho intramolecular Hbond substituents is 1. The van der Waals surface area contributed by atoms with E-state index in [0.29, 0.717) is 43.1 Å². The van der Waals surface area contributed by atoms with E-state index in [-0.39, 0.29) is 48.9 Å². The fourth-order valence-corrected chi connectivity index (χ4v) is 10.6. The second-order valence-corrected chi connectivity index (χ2v) is 19.6. The van der Waals surface area contributed by atoms with Crippen LogP contribution in [-0.2, 0) is 14.3 Å². The molecule has 6 heterocycles. The summed E-state index contributed by atoms with van der Waals surface area (Å²) < 4.78 is 82.0. The molecule has 1 saturated carbocycles. The highest BCUT2D eigenvalue weighted by molar-refractivity contribution is 6.06. The van der Waals surface area contributed by atoms with E-state index in [9.17, 15) is 50.6 Å². The number of phenols is 1. The van der Waals surface area contributed by atoms with Gasteiger partial charge in [0.1, 0.15) is 5.82 Å². The first-order valence-corrected chi connectivity index (χ1v) is 24.7. The molecular formula is C51H54F6N10O8. The van der Waals surface area contributed by atoms with Gasteiger partial charge in [-0.2, -0.15) is 22.7 Å². The van der Waals surface area contributed by atoms with Crippen LogP contribution in [0.4, 0.5) is 42.6 Å². The van der Waals surface area contributed by atoms with Gasteiger partial charge in [0.25, 0.3) is 11.8 Å². The van der Waals surface area contributed by atoms with Gasteiger partial charge in [0.15, 0.2) is 17.4 Å². The van der Waals surface area contributed by atoms with Crippen molar-refractivity contribution in [1.82, 2.24) is 40.2 Å². The van der Waals surface area contributed by atoms with Crippen LogP contribution in [0.1, 0.15) is 83.7 Å². The Morgan fingerprint density at radius 3 is 2.27 bits per heavy atom. The zero-order valence-corrected chi connectivity index (χ0v) is 40.7. The maximum atomic E-state index is 14.2. The molecule has 3 aromatic carbocycles. The number of nitrogens with one attached hydrogen (secondary N) is 2. The fraction of sp³-hybridized carbons (Fsp3) is 0.451. The third kappa shape index (κ3) is 11.5. The number of aromatic nitrogens is 4. The van der Waals surface area contributed by atoms with E-state index < -0.39 is 52.8 Å². The van der Waals surface area contributed by atoms with Crippen LogP contribution in [0, 0.1) is 30.3 Å². The molecule has 4 saturated heterocycles. The zero-order valence-electron chi connectivity index (χ0n) is 40.7. The van der Waals surface area contributed by atoms with Crippen molar-refractivity contribution >= 4 is 52.1 Å². The summed E-state index contributed by atoms with van der Waals surface area (Å²) in [5.74, 6) is -9.35. The van der Waals surface area contributed by atoms with Crippen molar-refractivity contribution in [3.63, 3.8) is 0 Å². The van der Waals surface area contributed by atoms with Crippen molar-refractivity contribution in [2.24, 2.45) is 5.92 Å². The first-order valence-electron chi connectivity index (χ1n) is 24.7. The summed E-state index contributed by atoms with van der Waals surface area (Å²) in [6, 6.07) is 12.0. The van der Waals surface area contributed by atoms with Crippen LogP contribution in [0.5, 0.6) is 5.75 Å². The number of hydrogen-bond acceptors (Lipinski definition) is 12. The highest BCUT2D eigenvalue weighted by Gasteiger charge is 2.46. The molecule has 2 aromatic heterocycles. The van der Waals surface area contributed by atoms with Gasteiger partial charge in [-0.05, 0) is 87.6 Å². The third-order valence-electron chi connectivity index (χ3n) is 14.9. The number of carboxylic acids is 1. The number of rotatable bonds is 9. The number of carboxylic acid groups (broad SMARTS) is 1. The Bertz CT molecular complexity index is 2990. The van der Waals surface area contributed by atoms with Gasteiger partial charge >= 0.3 is 18.2 Å². The number of carbonyl (C=O) groups excluding carboxylic acids is 4. The first kappa shape index (κ1) is 52.5. The molecule has 4 aliphatic heterocycles. The van der Waals surface area contributed by atoms with Crippen LogP contribution < -0.4 is 20.4 Å². The summed E-state index contributed by atoms with van der Waals surface area (Å²) >= 11 is 0. The summed E-state index contributed by atoms with van der Waals surface area (Å²) in [5.41, 5.74) is 3.48. The molecule has 5 aromatic rings. The Hall–Kier alpha value is -7.34. The molecular weight excluding hydrogens is 995 g/mol. The number of aryl methyl sites for hydroxylation is 1. The number of piperazine rings is 1. The third-order valence-corrected chi connectivity index (χ3v) is 14.9. The summed E-state index contributed by atoms with van der Waals surface area (Å²) in [6.45, 7) is 7.63. The lowest BCUT2D eigenvalue weighted by atomic mass is 9.86. The minimum atomic E-state index is -5.08. The zero-order chi connectivity index (χ0) is 53.3. The number of piperidine rings is 1. The Morgan fingerprint density at radius 1 is 0.880 bits per heavy atom. The molecule has 5 aliphatic rings. The van der Waals surface area contributed by atoms with E-state index in [2.05, 4.69) is 20.4 Å². The Morgan fingerprint density at radius 2 is 1.60 bits per heavy atom. The van der Waals surface area contributed by atoms with Crippen LogP contribution >= 0.6 is 0 Å². The minimum Gasteiger partial charge on any atom is -0.503 e. The number of likely N-dealkylation sites (tertiary alicyclic amines) is 1. The summed E-state index contributed by atoms with van der Waals surface area (Å²) in [6.07, 6.45) is 6.44. The average molecular weight is 1050 g/mol. The van der Waals surface area contributed by atoms with E-state index in [0.717, 1.165) is 105 Å². The lowest BCUT2D eigenvalue weighted by Gasteiger charge is -2.40. The lowest BCUT2D eigenvalue weighted by molar-refractivity contribution is -0.192. The maximum absolute atomic E-state index is 14.2. The predicted molar refractivity (Wildman–Crippen MR) is 258 cm³/mol. The molecule has 1 spiro atoms. The number of carbonyl (C=O) groups is 5. The van der Waals surface area contributed by atoms with Gasteiger partial charge in [0, 0.05) is 93.2 Å². The summed E-state index contributed by atoms with van der Waals surface area (Å²) in [5, 5.41) is 27.2. The predicted octanol–water partition coefficient (Wildman–Crippen LogP) is 6.75. The van der Waals surface area contributed by atoms with Crippen LogP contribution in [0.2, 0.25) is 0 Å². The molecule has 4 N–H and O–H groups in total. The van der Waals surface area contributed by atoms with E-state index in [1.54, 1.807) is 12.1 Å². The smallest absolute Gasteiger partial charge is 0.490 e. The SMILES string of the molecule is Cc1ccc(C(=O)N2CCC3(CC2)CC(N2CCN(c4cnc(-c5ccc6cn(C7CCC(CNC(=O)c8cc(F)c(O)c(F)c8F)CC7)nc6c5)cn4)CC2)CO3)cc1N1CCC(=O)NC1=O.O=C(O)C(F)(F)F. The Balaban J connectivity index is 0.000000920. The van der Waals surface area contributed by atoms with Gasteiger partial charge in [0.05, 0.1) is 47.4 Å². The standard InChI is InChI=1S/C49H53F3N10O6.C2HF3O2/c1-29-2-5-32(21-40(29)61-13-10-42(63)56-48(61)67)47(66)60-14-11-49(12-15-60)23-35(28-68-49)58-16-18-59(19-17-58)41-26-53-39(25-54-41)31-6-7-33-27-62(57-38(33)20-31)34-8-3-30(4-9-34)24-55-46(65)36-22-37(50)45(64)44(52)43(36)51;3-2(4,5)1(6)7/h2,5-7,20-22,25-27,30,34-35,64H,3-4,8-19,23-24,28H2,1H3,(H,55,65)(H,56,63,67);(H,6,7). The molecule has 1 aliphatic carbocycles. The minimum absolute atomic E-state index is 0.0703. The number of ether oxygens (including phenoxy) is 1. The van der Waals surface area contributed by atoms with Crippen molar-refractivity contribution in [2.45, 2.75) is 82.2 Å². The summed E-state index contributed by atoms with van der Waals surface area (Å²) in [7, 11) is 0. The van der Waals surface area contributed by atoms with E-state index in [1.807, 2.05) is 59.4 Å². The second kappa shape index (κ2) is 21.5. The highest BCUT2D eigenvalue weighted by Crippen LogP contribution is 2.39. The number of benzene rings is 3. The van der Waals surface area contributed by atoms with Crippen molar-refractivity contribution in [1.29, 1.82) is 0 Å². The van der Waals surface area contributed by atoms with Crippen molar-refractivity contribution < 1.29 is 65.3 Å². The molecule has 24 heteroatoms. The average Bonchev–Trinajstić information content (AvgIpc) is 4.03. The normalized spacial score (nSPS) is 21.2. The number of fused-ring (bicyclic) bond motifs is 1. The second-order valence-electron chi connectivity index (χ2n) is 19.6. The number of urea groups is 1. The van der Waals surface area contributed by atoms with Gasteiger partial charge < -0.3 is 30.1 Å². The number of aromatic hydroxyl groups is 1. The molecule has 10 rings (SSSR count). The van der Waals surface area contributed by atoms with Gasteiger partial charge in [0.2, 0.25) is 11.7 Å². The van der Waals surface area contributed by atoms with E-state index >= 15 is 0 Å². The van der Waals surface area contributed by atoms with Crippen LogP contribution in [0.15, 0.2) is 61.1 Å². The largest absolute Gasteiger partial charge is 0.503 e. The number of hydrogen-bond donors (Lipinski definition) is 4.